The van der Waals surface area contributed by atoms with E-state index in [1.807, 2.05) is 30.3 Å². The number of carbonyl (C=O) groups excluding carboxylic acids is 3. The number of hydrogen-bond acceptors (Lipinski definition) is 5. The van der Waals surface area contributed by atoms with Gasteiger partial charge in [-0.25, -0.2) is 4.79 Å². The van der Waals surface area contributed by atoms with Crippen molar-refractivity contribution < 1.29 is 24.2 Å². The molecule has 0 spiro atoms. The zero-order valence-electron chi connectivity index (χ0n) is 16.1. The van der Waals surface area contributed by atoms with Gasteiger partial charge in [-0.15, -0.1) is 0 Å². The molecule has 0 heterocycles. The molecule has 2 aromatic carbocycles. The maximum absolute atomic E-state index is 13.0. The second-order valence-electron chi connectivity index (χ2n) is 7.11. The third-order valence-electron chi connectivity index (χ3n) is 5.18. The molecule has 3 N–H and O–H groups in total. The molecule has 3 atom stereocenters. The van der Waals surface area contributed by atoms with Gasteiger partial charge >= 0.3 is 5.97 Å². The van der Waals surface area contributed by atoms with Crippen LogP contribution >= 0.6 is 0 Å². The molecule has 1 aliphatic carbocycles. The molecule has 152 valence electrons. The third-order valence-corrected chi connectivity index (χ3v) is 5.18. The molecule has 0 saturated heterocycles. The summed E-state index contributed by atoms with van der Waals surface area (Å²) in [7, 11) is 1.26. The molecule has 29 heavy (non-hydrogen) atoms. The van der Waals surface area contributed by atoms with Crippen molar-refractivity contribution in [1.29, 1.82) is 0 Å². The van der Waals surface area contributed by atoms with Gasteiger partial charge in [0.2, 0.25) is 5.91 Å². The first-order chi connectivity index (χ1) is 14.0. The summed E-state index contributed by atoms with van der Waals surface area (Å²) in [5.41, 5.74) is 0.0297. The van der Waals surface area contributed by atoms with E-state index in [0.29, 0.717) is 12.0 Å². The molecule has 7 nitrogen and oxygen atoms in total. The van der Waals surface area contributed by atoms with Crippen molar-refractivity contribution >= 4 is 17.8 Å². The molecule has 0 unspecified atom stereocenters. The lowest BCUT2D eigenvalue weighted by atomic mass is 10.0. The maximum atomic E-state index is 13.0. The van der Waals surface area contributed by atoms with Crippen molar-refractivity contribution in [2.75, 3.05) is 13.7 Å². The van der Waals surface area contributed by atoms with E-state index in [4.69, 9.17) is 4.74 Å². The lowest BCUT2D eigenvalue weighted by Crippen LogP contribution is -2.55. The van der Waals surface area contributed by atoms with E-state index in [-0.39, 0.29) is 13.0 Å². The zero-order valence-corrected chi connectivity index (χ0v) is 16.1. The average molecular weight is 396 g/mol. The lowest BCUT2D eigenvalue weighted by Gasteiger charge is -2.23. The summed E-state index contributed by atoms with van der Waals surface area (Å²) in [5.74, 6) is -1.90. The van der Waals surface area contributed by atoms with E-state index in [2.05, 4.69) is 10.6 Å². The monoisotopic (exact) mass is 396 g/mol. The zero-order chi connectivity index (χ0) is 20.9. The van der Waals surface area contributed by atoms with Crippen LogP contribution < -0.4 is 10.6 Å². The Morgan fingerprint density at radius 3 is 2.28 bits per heavy atom. The van der Waals surface area contributed by atoms with Gasteiger partial charge in [-0.2, -0.15) is 0 Å². The van der Waals surface area contributed by atoms with Crippen LogP contribution in [0.5, 0.6) is 0 Å². The van der Waals surface area contributed by atoms with Gasteiger partial charge in [0.05, 0.1) is 7.11 Å². The highest BCUT2D eigenvalue weighted by Crippen LogP contribution is 2.43. The fraction of sp³-hybridized carbons (Fsp3) is 0.318. The number of aliphatic hydroxyl groups is 1. The molecule has 1 fully saturated rings. The van der Waals surface area contributed by atoms with Crippen molar-refractivity contribution in [2.24, 2.45) is 5.92 Å². The smallest absolute Gasteiger partial charge is 0.328 e. The Morgan fingerprint density at radius 2 is 1.72 bits per heavy atom. The van der Waals surface area contributed by atoms with Gasteiger partial charge in [0.15, 0.2) is 0 Å². The second-order valence-corrected chi connectivity index (χ2v) is 7.11. The number of carbonyl (C=O) groups is 3. The highest BCUT2D eigenvalue weighted by Gasteiger charge is 2.61. The van der Waals surface area contributed by atoms with Gasteiger partial charge < -0.3 is 20.5 Å². The molecule has 0 bridgehead atoms. The molecule has 7 heteroatoms. The first-order valence-electron chi connectivity index (χ1n) is 9.41. The molecule has 3 rings (SSSR count). The average Bonchev–Trinajstić information content (AvgIpc) is 3.48. The van der Waals surface area contributed by atoms with E-state index in [1.54, 1.807) is 30.3 Å². The van der Waals surface area contributed by atoms with Crippen LogP contribution in [-0.4, -0.2) is 48.2 Å². The topological polar surface area (TPSA) is 105 Å². The summed E-state index contributed by atoms with van der Waals surface area (Å²) in [4.78, 5) is 37.8. The largest absolute Gasteiger partial charge is 0.467 e. The Labute approximate surface area is 169 Å². The normalized spacial score (nSPS) is 21.0. The Bertz CT molecular complexity index is 871. The summed E-state index contributed by atoms with van der Waals surface area (Å²) in [6.45, 7) is -0.246. The van der Waals surface area contributed by atoms with Gasteiger partial charge in [-0.3, -0.25) is 9.59 Å². The van der Waals surface area contributed by atoms with Crippen LogP contribution in [0.3, 0.4) is 0 Å². The van der Waals surface area contributed by atoms with Crippen molar-refractivity contribution in [2.45, 2.75) is 24.4 Å². The third kappa shape index (κ3) is 4.63. The molecular weight excluding hydrogens is 372 g/mol. The van der Waals surface area contributed by atoms with Crippen molar-refractivity contribution in [3.05, 3.63) is 71.8 Å². The van der Waals surface area contributed by atoms with Gasteiger partial charge in [0.1, 0.15) is 11.6 Å². The van der Waals surface area contributed by atoms with Crippen molar-refractivity contribution in [3.63, 3.8) is 0 Å². The number of rotatable bonds is 8. The molecule has 0 aromatic heterocycles. The molecule has 0 aliphatic heterocycles. The Balaban J connectivity index is 1.75. The molecular formula is C22H24N2O5. The van der Waals surface area contributed by atoms with Crippen LogP contribution in [-0.2, 0) is 20.7 Å². The SMILES string of the molecule is COC(=O)[C@H](Cc1ccccc1)NC(=O)[C@]1(NC(=O)c2ccccc2)C[C@H]1CO. The van der Waals surface area contributed by atoms with E-state index < -0.39 is 35.3 Å². The molecule has 0 radical (unpaired) electrons. The minimum atomic E-state index is -1.25. The standard InChI is InChI=1S/C22H24N2O5/c1-29-20(27)18(12-15-8-4-2-5-9-15)23-21(28)22(13-17(22)14-25)24-19(26)16-10-6-3-7-11-16/h2-11,17-18,25H,12-14H2,1H3,(H,23,28)(H,24,26)/t17-,18-,22-/m0/s1. The Hall–Kier alpha value is -3.19. The second kappa shape index (κ2) is 8.87. The summed E-state index contributed by atoms with van der Waals surface area (Å²) >= 11 is 0. The van der Waals surface area contributed by atoms with Crippen LogP contribution in [0.2, 0.25) is 0 Å². The van der Waals surface area contributed by atoms with E-state index >= 15 is 0 Å². The molecule has 2 amide bonds. The van der Waals surface area contributed by atoms with Crippen molar-refractivity contribution in [1.82, 2.24) is 10.6 Å². The van der Waals surface area contributed by atoms with Crippen LogP contribution in [0.15, 0.2) is 60.7 Å². The van der Waals surface area contributed by atoms with E-state index in [9.17, 15) is 19.5 Å². The van der Waals surface area contributed by atoms with E-state index in [1.165, 1.54) is 7.11 Å². The fourth-order valence-corrected chi connectivity index (χ4v) is 3.37. The van der Waals surface area contributed by atoms with Crippen LogP contribution in [0.25, 0.3) is 0 Å². The number of esters is 1. The van der Waals surface area contributed by atoms with E-state index in [0.717, 1.165) is 5.56 Å². The molecule has 2 aromatic rings. The first-order valence-corrected chi connectivity index (χ1v) is 9.41. The number of amides is 2. The molecule has 1 saturated carbocycles. The fourth-order valence-electron chi connectivity index (χ4n) is 3.37. The summed E-state index contributed by atoms with van der Waals surface area (Å²) in [6, 6.07) is 16.9. The van der Waals surface area contributed by atoms with Gasteiger partial charge in [0, 0.05) is 24.5 Å². The minimum absolute atomic E-state index is 0.246. The lowest BCUT2D eigenvalue weighted by molar-refractivity contribution is -0.145. The quantitative estimate of drug-likeness (QED) is 0.579. The highest BCUT2D eigenvalue weighted by molar-refractivity contribution is 6.01. The minimum Gasteiger partial charge on any atom is -0.467 e. The number of nitrogens with one attached hydrogen (secondary N) is 2. The predicted molar refractivity (Wildman–Crippen MR) is 106 cm³/mol. The summed E-state index contributed by atoms with van der Waals surface area (Å²) in [5, 5.41) is 15.0. The Kier molecular flexibility index (Phi) is 6.29. The van der Waals surface area contributed by atoms with Crippen LogP contribution in [0, 0.1) is 5.92 Å². The van der Waals surface area contributed by atoms with Gasteiger partial charge in [0.25, 0.3) is 5.91 Å². The number of aliphatic hydroxyl groups excluding tert-OH is 1. The maximum Gasteiger partial charge on any atom is 0.328 e. The van der Waals surface area contributed by atoms with Crippen LogP contribution in [0.1, 0.15) is 22.3 Å². The van der Waals surface area contributed by atoms with Crippen molar-refractivity contribution in [3.8, 4) is 0 Å². The highest BCUT2D eigenvalue weighted by atomic mass is 16.5. The number of methoxy groups -OCH3 is 1. The van der Waals surface area contributed by atoms with Crippen LogP contribution in [0.4, 0.5) is 0 Å². The predicted octanol–water partition coefficient (Wildman–Crippen LogP) is 1.07. The number of ether oxygens (including phenoxy) is 1. The molecule has 1 aliphatic rings. The summed E-state index contributed by atoms with van der Waals surface area (Å²) < 4.78 is 4.83. The number of benzene rings is 2. The summed E-state index contributed by atoms with van der Waals surface area (Å²) in [6.07, 6.45) is 0.554. The van der Waals surface area contributed by atoms with Gasteiger partial charge in [-0.1, -0.05) is 48.5 Å². The Morgan fingerprint density at radius 1 is 1.10 bits per heavy atom. The first kappa shape index (κ1) is 20.5. The number of hydrogen-bond donors (Lipinski definition) is 3. The van der Waals surface area contributed by atoms with Gasteiger partial charge in [-0.05, 0) is 24.1 Å².